The van der Waals surface area contributed by atoms with E-state index in [1.165, 1.54) is 30.9 Å². The Hall–Kier alpha value is -4.01. The van der Waals surface area contributed by atoms with Crippen LogP contribution in [0.4, 0.5) is 4.79 Å². The summed E-state index contributed by atoms with van der Waals surface area (Å²) in [5.74, 6) is -0.564. The van der Waals surface area contributed by atoms with Crippen LogP contribution in [0.2, 0.25) is 0 Å². The number of amides is 3. The largest absolute Gasteiger partial charge is 0.497 e. The minimum atomic E-state index is -1.47. The van der Waals surface area contributed by atoms with E-state index >= 15 is 0 Å². The first-order valence-corrected chi connectivity index (χ1v) is 9.06. The fourth-order valence-electron chi connectivity index (χ4n) is 3.63. The lowest BCUT2D eigenvalue weighted by molar-refractivity contribution is -0.124. The molecule has 2 heterocycles. The number of benzene rings is 2. The summed E-state index contributed by atoms with van der Waals surface area (Å²) >= 11 is 0. The topological polar surface area (TPSA) is 119 Å². The SMILES string of the molecule is COC(=O)c1ccc([C@@]2(Cn3cc4ccc(OC)cc4c3O)NC(=O)NC2=O)cc1. The first-order valence-electron chi connectivity index (χ1n) is 9.06. The average molecular weight is 409 g/mol. The minimum absolute atomic E-state index is 0.0645. The van der Waals surface area contributed by atoms with E-state index in [9.17, 15) is 19.5 Å². The lowest BCUT2D eigenvalue weighted by Crippen LogP contribution is -2.47. The molecule has 1 fully saturated rings. The van der Waals surface area contributed by atoms with Gasteiger partial charge < -0.3 is 24.5 Å². The van der Waals surface area contributed by atoms with Gasteiger partial charge in [-0.2, -0.15) is 0 Å². The van der Waals surface area contributed by atoms with Gasteiger partial charge in [-0.3, -0.25) is 10.1 Å². The third kappa shape index (κ3) is 3.00. The maximum atomic E-state index is 12.8. The molecule has 2 aromatic carbocycles. The van der Waals surface area contributed by atoms with Gasteiger partial charge in [0.1, 0.15) is 5.75 Å². The minimum Gasteiger partial charge on any atom is -0.497 e. The number of nitrogens with zero attached hydrogens (tertiary/aromatic N) is 1. The molecule has 1 saturated heterocycles. The molecule has 0 aliphatic carbocycles. The van der Waals surface area contributed by atoms with E-state index in [2.05, 4.69) is 10.6 Å². The van der Waals surface area contributed by atoms with Gasteiger partial charge in [-0.05, 0) is 35.9 Å². The Morgan fingerprint density at radius 3 is 2.47 bits per heavy atom. The normalized spacial score (nSPS) is 18.2. The smallest absolute Gasteiger partial charge is 0.337 e. The van der Waals surface area contributed by atoms with E-state index in [1.54, 1.807) is 36.5 Å². The monoisotopic (exact) mass is 409 g/mol. The van der Waals surface area contributed by atoms with Crippen LogP contribution in [0.25, 0.3) is 10.8 Å². The maximum Gasteiger partial charge on any atom is 0.337 e. The van der Waals surface area contributed by atoms with Gasteiger partial charge in [-0.25, -0.2) is 9.59 Å². The second kappa shape index (κ2) is 7.11. The summed E-state index contributed by atoms with van der Waals surface area (Å²) in [5, 5.41) is 16.9. The molecule has 3 aromatic rings. The standard InChI is InChI=1S/C21H19N3O6/c1-29-15-8-5-13-10-24(17(25)16(13)9-15)11-21(19(27)22-20(28)23-21)14-6-3-12(4-7-14)18(26)30-2/h3-10,25H,11H2,1-2H3,(H2,22,23,27,28)/t21-/m1/s1. The van der Waals surface area contributed by atoms with E-state index in [0.29, 0.717) is 22.3 Å². The third-order valence-electron chi connectivity index (χ3n) is 5.22. The van der Waals surface area contributed by atoms with E-state index in [1.807, 2.05) is 0 Å². The number of esters is 1. The molecule has 1 aliphatic heterocycles. The Balaban J connectivity index is 1.78. The zero-order valence-electron chi connectivity index (χ0n) is 16.3. The summed E-state index contributed by atoms with van der Waals surface area (Å²) < 4.78 is 11.4. The Kier molecular flexibility index (Phi) is 4.57. The maximum absolute atomic E-state index is 12.8. The molecule has 4 rings (SSSR count). The first-order chi connectivity index (χ1) is 14.4. The summed E-state index contributed by atoms with van der Waals surface area (Å²) in [6, 6.07) is 10.8. The molecule has 3 N–H and O–H groups in total. The fraction of sp³-hybridized carbons (Fsp3) is 0.190. The lowest BCUT2D eigenvalue weighted by Gasteiger charge is -2.27. The zero-order valence-corrected chi connectivity index (χ0v) is 16.3. The van der Waals surface area contributed by atoms with Crippen LogP contribution >= 0.6 is 0 Å². The molecule has 1 aromatic heterocycles. The van der Waals surface area contributed by atoms with Crippen molar-refractivity contribution < 1.29 is 29.0 Å². The van der Waals surface area contributed by atoms with Crippen molar-refractivity contribution in [3.8, 4) is 11.6 Å². The number of carbonyl (C=O) groups excluding carboxylic acids is 3. The number of nitrogens with one attached hydrogen (secondary N) is 2. The van der Waals surface area contributed by atoms with Gasteiger partial charge in [0.15, 0.2) is 11.4 Å². The van der Waals surface area contributed by atoms with E-state index in [4.69, 9.17) is 9.47 Å². The highest BCUT2D eigenvalue weighted by molar-refractivity contribution is 6.07. The van der Waals surface area contributed by atoms with Gasteiger partial charge in [0.05, 0.1) is 26.3 Å². The number of methoxy groups -OCH3 is 2. The molecule has 0 saturated carbocycles. The van der Waals surface area contributed by atoms with Crippen molar-refractivity contribution >= 4 is 28.7 Å². The molecule has 1 atom stereocenters. The molecule has 0 bridgehead atoms. The van der Waals surface area contributed by atoms with Crippen LogP contribution in [0.15, 0.2) is 48.7 Å². The summed E-state index contributed by atoms with van der Waals surface area (Å²) in [6.07, 6.45) is 1.69. The van der Waals surface area contributed by atoms with Crippen LogP contribution in [0.5, 0.6) is 11.6 Å². The summed E-state index contributed by atoms with van der Waals surface area (Å²) in [6.45, 7) is -0.0645. The molecule has 1 aliphatic rings. The predicted molar refractivity (Wildman–Crippen MR) is 106 cm³/mol. The van der Waals surface area contributed by atoms with Crippen LogP contribution in [-0.4, -0.2) is 41.8 Å². The summed E-state index contributed by atoms with van der Waals surface area (Å²) in [4.78, 5) is 36.5. The van der Waals surface area contributed by atoms with Crippen molar-refractivity contribution in [1.29, 1.82) is 0 Å². The molecular formula is C21H19N3O6. The Labute approximate surface area is 171 Å². The van der Waals surface area contributed by atoms with Crippen molar-refractivity contribution in [2.75, 3.05) is 14.2 Å². The number of imide groups is 1. The molecule has 154 valence electrons. The lowest BCUT2D eigenvalue weighted by atomic mass is 9.89. The molecule has 30 heavy (non-hydrogen) atoms. The van der Waals surface area contributed by atoms with Gasteiger partial charge in [0.2, 0.25) is 0 Å². The van der Waals surface area contributed by atoms with Crippen molar-refractivity contribution in [2.45, 2.75) is 12.1 Å². The summed E-state index contributed by atoms with van der Waals surface area (Å²) in [5.41, 5.74) is -0.710. The van der Waals surface area contributed by atoms with Crippen LogP contribution in [-0.2, 0) is 21.6 Å². The van der Waals surface area contributed by atoms with Crippen LogP contribution in [0.1, 0.15) is 15.9 Å². The molecule has 0 spiro atoms. The average Bonchev–Trinajstić information content (AvgIpc) is 3.22. The second-order valence-electron chi connectivity index (χ2n) is 6.92. The van der Waals surface area contributed by atoms with Crippen LogP contribution in [0.3, 0.4) is 0 Å². The first kappa shape index (κ1) is 19.3. The fourth-order valence-corrected chi connectivity index (χ4v) is 3.63. The van der Waals surface area contributed by atoms with Crippen molar-refractivity contribution in [3.05, 3.63) is 59.8 Å². The zero-order chi connectivity index (χ0) is 21.5. The Bertz CT molecular complexity index is 1170. The van der Waals surface area contributed by atoms with E-state index in [0.717, 1.165) is 5.39 Å². The molecule has 9 heteroatoms. The number of hydrogen-bond donors (Lipinski definition) is 3. The van der Waals surface area contributed by atoms with Gasteiger partial charge in [0, 0.05) is 17.0 Å². The Morgan fingerprint density at radius 1 is 1.13 bits per heavy atom. The molecule has 9 nitrogen and oxygen atoms in total. The quantitative estimate of drug-likeness (QED) is 0.437. The number of carbonyl (C=O) groups is 3. The molecule has 3 amide bonds. The number of fused-ring (bicyclic) bond motifs is 1. The van der Waals surface area contributed by atoms with Crippen LogP contribution < -0.4 is 15.4 Å². The van der Waals surface area contributed by atoms with Crippen molar-refractivity contribution in [3.63, 3.8) is 0 Å². The predicted octanol–water partition coefficient (Wildman–Crippen LogP) is 1.88. The molecule has 0 unspecified atom stereocenters. The van der Waals surface area contributed by atoms with Gasteiger partial charge in [0.25, 0.3) is 5.91 Å². The number of aromatic hydroxyl groups is 1. The van der Waals surface area contributed by atoms with Gasteiger partial charge in [-0.15, -0.1) is 0 Å². The number of urea groups is 1. The Morgan fingerprint density at radius 2 is 1.87 bits per heavy atom. The molecular weight excluding hydrogens is 390 g/mol. The number of aromatic nitrogens is 1. The highest BCUT2D eigenvalue weighted by atomic mass is 16.5. The highest BCUT2D eigenvalue weighted by Crippen LogP contribution is 2.34. The highest BCUT2D eigenvalue weighted by Gasteiger charge is 2.48. The van der Waals surface area contributed by atoms with E-state index < -0.39 is 23.4 Å². The van der Waals surface area contributed by atoms with Gasteiger partial charge >= 0.3 is 12.0 Å². The number of ether oxygens (including phenoxy) is 2. The summed E-state index contributed by atoms with van der Waals surface area (Å²) in [7, 11) is 2.80. The number of hydrogen-bond acceptors (Lipinski definition) is 6. The van der Waals surface area contributed by atoms with E-state index in [-0.39, 0.29) is 12.4 Å². The molecule has 0 radical (unpaired) electrons. The van der Waals surface area contributed by atoms with Gasteiger partial charge in [-0.1, -0.05) is 12.1 Å². The van der Waals surface area contributed by atoms with Crippen molar-refractivity contribution in [2.24, 2.45) is 0 Å². The number of rotatable bonds is 5. The second-order valence-corrected chi connectivity index (χ2v) is 6.92. The third-order valence-corrected chi connectivity index (χ3v) is 5.22. The van der Waals surface area contributed by atoms with Crippen LogP contribution in [0, 0.1) is 0 Å². The van der Waals surface area contributed by atoms with Crippen molar-refractivity contribution in [1.82, 2.24) is 15.2 Å².